The first-order valence-electron chi connectivity index (χ1n) is 7.59. The van der Waals surface area contributed by atoms with Crippen molar-refractivity contribution in [2.24, 2.45) is 5.41 Å². The van der Waals surface area contributed by atoms with Gasteiger partial charge in [0.05, 0.1) is 11.7 Å². The van der Waals surface area contributed by atoms with Crippen molar-refractivity contribution in [2.45, 2.75) is 32.3 Å². The summed E-state index contributed by atoms with van der Waals surface area (Å²) < 4.78 is 5.28. The predicted octanol–water partition coefficient (Wildman–Crippen LogP) is 0.222. The normalized spacial score (nSPS) is 23.6. The number of β-amino-alcohol motifs (C(OH)–C–C–N with tert-alkyl or cyclic N) is 1. The smallest absolute Gasteiger partial charge is 0.243 e. The number of nitrogens with zero attached hydrogens (tertiary/aromatic N) is 3. The molecule has 0 atom stereocenters. The van der Waals surface area contributed by atoms with Crippen LogP contribution in [0.4, 0.5) is 0 Å². The van der Waals surface area contributed by atoms with Gasteiger partial charge < -0.3 is 14.7 Å². The van der Waals surface area contributed by atoms with Crippen molar-refractivity contribution >= 4 is 5.91 Å². The van der Waals surface area contributed by atoms with Crippen LogP contribution in [0, 0.1) is 16.7 Å². The SMILES string of the molecule is CC(C)(O)CN1CCN(C(=O)C2(C#N)CCOCC2)CC1. The van der Waals surface area contributed by atoms with Crippen molar-refractivity contribution in [1.82, 2.24) is 9.80 Å². The highest BCUT2D eigenvalue weighted by Gasteiger charge is 2.43. The molecule has 2 aliphatic rings. The van der Waals surface area contributed by atoms with Crippen molar-refractivity contribution in [3.8, 4) is 6.07 Å². The van der Waals surface area contributed by atoms with Gasteiger partial charge in [-0.05, 0) is 26.7 Å². The Bertz CT molecular complexity index is 411. The number of piperazine rings is 1. The van der Waals surface area contributed by atoms with E-state index >= 15 is 0 Å². The van der Waals surface area contributed by atoms with E-state index < -0.39 is 11.0 Å². The highest BCUT2D eigenvalue weighted by molar-refractivity contribution is 5.85. The largest absolute Gasteiger partial charge is 0.389 e. The number of ether oxygens (including phenoxy) is 1. The lowest BCUT2D eigenvalue weighted by Crippen LogP contribution is -2.55. The topological polar surface area (TPSA) is 76.8 Å². The Morgan fingerprint density at radius 2 is 1.86 bits per heavy atom. The third-order valence-corrected chi connectivity index (χ3v) is 4.24. The van der Waals surface area contributed by atoms with E-state index in [1.165, 1.54) is 0 Å². The van der Waals surface area contributed by atoms with Gasteiger partial charge in [-0.25, -0.2) is 0 Å². The molecule has 0 aromatic heterocycles. The Hall–Kier alpha value is -1.16. The number of amides is 1. The van der Waals surface area contributed by atoms with Crippen LogP contribution in [0.2, 0.25) is 0 Å². The second-order valence-electron chi connectivity index (χ2n) is 6.69. The molecule has 0 aromatic rings. The zero-order valence-corrected chi connectivity index (χ0v) is 13.0. The molecule has 1 amide bonds. The maximum Gasteiger partial charge on any atom is 0.243 e. The van der Waals surface area contributed by atoms with Crippen molar-refractivity contribution in [2.75, 3.05) is 45.9 Å². The van der Waals surface area contributed by atoms with E-state index in [4.69, 9.17) is 4.74 Å². The number of carbonyl (C=O) groups excluding carboxylic acids is 1. The summed E-state index contributed by atoms with van der Waals surface area (Å²) in [6, 6.07) is 2.24. The molecule has 0 bridgehead atoms. The van der Waals surface area contributed by atoms with Crippen molar-refractivity contribution in [3.63, 3.8) is 0 Å². The molecular weight excluding hydrogens is 270 g/mol. The number of carbonyl (C=O) groups is 1. The number of hydrogen-bond acceptors (Lipinski definition) is 5. The first-order valence-corrected chi connectivity index (χ1v) is 7.59. The molecule has 0 aromatic carbocycles. The summed E-state index contributed by atoms with van der Waals surface area (Å²) >= 11 is 0. The monoisotopic (exact) mass is 295 g/mol. The van der Waals surface area contributed by atoms with E-state index in [1.54, 1.807) is 18.7 Å². The minimum Gasteiger partial charge on any atom is -0.389 e. The Balaban J connectivity index is 1.92. The van der Waals surface area contributed by atoms with Crippen LogP contribution < -0.4 is 0 Å². The van der Waals surface area contributed by atoms with E-state index in [0.717, 1.165) is 13.1 Å². The van der Waals surface area contributed by atoms with E-state index in [1.807, 2.05) is 0 Å². The lowest BCUT2D eigenvalue weighted by molar-refractivity contribution is -0.145. The van der Waals surface area contributed by atoms with Crippen LogP contribution in [0.15, 0.2) is 0 Å². The second kappa shape index (κ2) is 6.30. The second-order valence-corrected chi connectivity index (χ2v) is 6.69. The molecule has 6 nitrogen and oxygen atoms in total. The first kappa shape index (κ1) is 16.2. The predicted molar refractivity (Wildman–Crippen MR) is 77.4 cm³/mol. The van der Waals surface area contributed by atoms with Crippen molar-refractivity contribution in [1.29, 1.82) is 5.26 Å². The molecule has 2 heterocycles. The Morgan fingerprint density at radius 3 is 2.33 bits per heavy atom. The molecule has 1 N–H and O–H groups in total. The zero-order chi connectivity index (χ0) is 15.5. The fourth-order valence-corrected chi connectivity index (χ4v) is 3.05. The lowest BCUT2D eigenvalue weighted by Gasteiger charge is -2.40. The van der Waals surface area contributed by atoms with E-state index in [-0.39, 0.29) is 5.91 Å². The van der Waals surface area contributed by atoms with Crippen LogP contribution in [0.25, 0.3) is 0 Å². The van der Waals surface area contributed by atoms with Gasteiger partial charge in [0.2, 0.25) is 5.91 Å². The summed E-state index contributed by atoms with van der Waals surface area (Å²) in [6.07, 6.45) is 0.985. The molecule has 0 aliphatic carbocycles. The third kappa shape index (κ3) is 3.94. The molecule has 118 valence electrons. The highest BCUT2D eigenvalue weighted by atomic mass is 16.5. The summed E-state index contributed by atoms with van der Waals surface area (Å²) in [5.74, 6) is -0.0452. The Kier molecular flexibility index (Phi) is 4.87. The Labute approximate surface area is 126 Å². The molecule has 2 rings (SSSR count). The molecule has 2 fully saturated rings. The van der Waals surface area contributed by atoms with Crippen molar-refractivity contribution in [3.05, 3.63) is 0 Å². The first-order chi connectivity index (χ1) is 9.86. The number of hydrogen-bond donors (Lipinski definition) is 1. The van der Waals surface area contributed by atoms with Crippen LogP contribution in [0.5, 0.6) is 0 Å². The number of nitriles is 1. The molecule has 2 saturated heterocycles. The van der Waals surface area contributed by atoms with Gasteiger partial charge in [-0.3, -0.25) is 9.69 Å². The van der Waals surface area contributed by atoms with Gasteiger partial charge in [0, 0.05) is 45.9 Å². The van der Waals surface area contributed by atoms with Gasteiger partial charge in [-0.2, -0.15) is 5.26 Å². The van der Waals surface area contributed by atoms with E-state index in [2.05, 4.69) is 11.0 Å². The minimum absolute atomic E-state index is 0.0452. The van der Waals surface area contributed by atoms with Gasteiger partial charge in [0.15, 0.2) is 0 Å². The zero-order valence-electron chi connectivity index (χ0n) is 13.0. The standard InChI is InChI=1S/C15H25N3O3/c1-14(2,20)12-17-5-7-18(8-6-17)13(19)15(11-16)3-9-21-10-4-15/h20H,3-10,12H2,1-2H3. The van der Waals surface area contributed by atoms with Crippen LogP contribution in [0.1, 0.15) is 26.7 Å². The molecule has 0 spiro atoms. The van der Waals surface area contributed by atoms with E-state index in [9.17, 15) is 15.2 Å². The summed E-state index contributed by atoms with van der Waals surface area (Å²) in [7, 11) is 0. The summed E-state index contributed by atoms with van der Waals surface area (Å²) in [5.41, 5.74) is -1.61. The molecule has 6 heteroatoms. The molecule has 2 aliphatic heterocycles. The average molecular weight is 295 g/mol. The lowest BCUT2D eigenvalue weighted by atomic mass is 9.80. The van der Waals surface area contributed by atoms with Gasteiger partial charge in [0.1, 0.15) is 5.41 Å². The van der Waals surface area contributed by atoms with Crippen LogP contribution in [-0.4, -0.2) is 72.4 Å². The highest BCUT2D eigenvalue weighted by Crippen LogP contribution is 2.32. The van der Waals surface area contributed by atoms with Crippen LogP contribution >= 0.6 is 0 Å². The molecule has 21 heavy (non-hydrogen) atoms. The molecular formula is C15H25N3O3. The summed E-state index contributed by atoms with van der Waals surface area (Å²) in [5, 5.41) is 19.3. The molecule has 0 unspecified atom stereocenters. The fraction of sp³-hybridized carbons (Fsp3) is 0.867. The van der Waals surface area contributed by atoms with Gasteiger partial charge in [-0.15, -0.1) is 0 Å². The maximum absolute atomic E-state index is 12.7. The molecule has 0 saturated carbocycles. The van der Waals surface area contributed by atoms with Crippen LogP contribution in [0.3, 0.4) is 0 Å². The summed E-state index contributed by atoms with van der Waals surface area (Å²) in [4.78, 5) is 16.6. The maximum atomic E-state index is 12.7. The average Bonchev–Trinajstić information content (AvgIpc) is 2.46. The van der Waals surface area contributed by atoms with Gasteiger partial charge >= 0.3 is 0 Å². The van der Waals surface area contributed by atoms with E-state index in [0.29, 0.717) is 45.7 Å². The molecule has 0 radical (unpaired) electrons. The number of aliphatic hydroxyl groups is 1. The minimum atomic E-state index is -0.892. The fourth-order valence-electron chi connectivity index (χ4n) is 3.05. The van der Waals surface area contributed by atoms with Crippen molar-refractivity contribution < 1.29 is 14.6 Å². The van der Waals surface area contributed by atoms with Gasteiger partial charge in [0.25, 0.3) is 0 Å². The quantitative estimate of drug-likeness (QED) is 0.806. The Morgan fingerprint density at radius 1 is 1.29 bits per heavy atom. The van der Waals surface area contributed by atoms with Gasteiger partial charge in [-0.1, -0.05) is 0 Å². The summed E-state index contributed by atoms with van der Waals surface area (Å²) in [6.45, 7) is 7.89. The third-order valence-electron chi connectivity index (χ3n) is 4.24. The van der Waals surface area contributed by atoms with Crippen LogP contribution in [-0.2, 0) is 9.53 Å². The number of rotatable bonds is 3.